The molecular weight excluding hydrogens is 430 g/mol. The lowest BCUT2D eigenvalue weighted by atomic mass is 10.0. The number of halogens is 1. The lowest BCUT2D eigenvalue weighted by molar-refractivity contribution is -0.384. The number of rotatable bonds is 7. The summed E-state index contributed by atoms with van der Waals surface area (Å²) in [5, 5.41) is 23.3. The molecule has 3 rings (SSSR count). The average Bonchev–Trinajstić information content (AvgIpc) is 2.78. The van der Waals surface area contributed by atoms with Gasteiger partial charge in [0.15, 0.2) is 6.61 Å². The van der Waals surface area contributed by atoms with Gasteiger partial charge in [-0.2, -0.15) is 5.26 Å². The summed E-state index contributed by atoms with van der Waals surface area (Å²) in [5.41, 5.74) is 3.21. The van der Waals surface area contributed by atoms with Crippen LogP contribution in [0.15, 0.2) is 66.7 Å². The third-order valence-corrected chi connectivity index (χ3v) is 4.77. The molecule has 3 aromatic rings. The van der Waals surface area contributed by atoms with Crippen LogP contribution in [0.1, 0.15) is 16.7 Å². The van der Waals surface area contributed by atoms with Gasteiger partial charge < -0.3 is 10.1 Å². The Kier molecular flexibility index (Phi) is 7.21. The second kappa shape index (κ2) is 10.2. The molecule has 0 saturated carbocycles. The summed E-state index contributed by atoms with van der Waals surface area (Å²) in [4.78, 5) is 22.4. The zero-order valence-corrected chi connectivity index (χ0v) is 17.8. The van der Waals surface area contributed by atoms with Crippen molar-refractivity contribution >= 4 is 40.5 Å². The van der Waals surface area contributed by atoms with E-state index >= 15 is 0 Å². The van der Waals surface area contributed by atoms with Crippen LogP contribution >= 0.6 is 11.6 Å². The highest BCUT2D eigenvalue weighted by molar-refractivity contribution is 6.32. The normalized spacial score (nSPS) is 10.8. The molecule has 3 aromatic carbocycles. The first-order valence-corrected chi connectivity index (χ1v) is 9.89. The molecule has 0 aliphatic heterocycles. The van der Waals surface area contributed by atoms with Gasteiger partial charge in [-0.15, -0.1) is 0 Å². The summed E-state index contributed by atoms with van der Waals surface area (Å²) in [6, 6.07) is 20.1. The summed E-state index contributed by atoms with van der Waals surface area (Å²) in [6.45, 7) is 1.75. The quantitative estimate of drug-likeness (QED) is 0.218. The molecule has 0 heterocycles. The SMILES string of the molecule is Cc1ccc(NC(=O)COc2ccc(/C=C(/C#N)c3ccc([N+](=O)[O-])cc3)cc2Cl)cc1. The molecule has 0 aromatic heterocycles. The Morgan fingerprint density at radius 3 is 2.44 bits per heavy atom. The van der Waals surface area contributed by atoms with E-state index < -0.39 is 4.92 Å². The van der Waals surface area contributed by atoms with Crippen molar-refractivity contribution in [2.24, 2.45) is 0 Å². The molecule has 0 spiro atoms. The first kappa shape index (κ1) is 22.5. The van der Waals surface area contributed by atoms with E-state index in [0.29, 0.717) is 28.1 Å². The third kappa shape index (κ3) is 5.94. The van der Waals surface area contributed by atoms with Crippen molar-refractivity contribution in [1.82, 2.24) is 0 Å². The van der Waals surface area contributed by atoms with Crippen molar-refractivity contribution in [2.75, 3.05) is 11.9 Å². The van der Waals surface area contributed by atoms with Gasteiger partial charge >= 0.3 is 0 Å². The van der Waals surface area contributed by atoms with E-state index in [-0.39, 0.29) is 23.2 Å². The van der Waals surface area contributed by atoms with E-state index in [4.69, 9.17) is 16.3 Å². The number of allylic oxidation sites excluding steroid dienone is 1. The number of nitro groups is 1. The molecule has 0 atom stereocenters. The van der Waals surface area contributed by atoms with E-state index in [9.17, 15) is 20.2 Å². The van der Waals surface area contributed by atoms with Gasteiger partial charge in [0.25, 0.3) is 11.6 Å². The largest absolute Gasteiger partial charge is 0.482 e. The second-order valence-electron chi connectivity index (χ2n) is 6.87. The van der Waals surface area contributed by atoms with Crippen molar-refractivity contribution in [3.8, 4) is 11.8 Å². The topological polar surface area (TPSA) is 105 Å². The van der Waals surface area contributed by atoms with Crippen molar-refractivity contribution in [2.45, 2.75) is 6.92 Å². The first-order valence-electron chi connectivity index (χ1n) is 9.51. The maximum absolute atomic E-state index is 12.1. The van der Waals surface area contributed by atoms with Crippen LogP contribution in [0, 0.1) is 28.4 Å². The molecule has 1 N–H and O–H groups in total. The van der Waals surface area contributed by atoms with Crippen molar-refractivity contribution < 1.29 is 14.5 Å². The highest BCUT2D eigenvalue weighted by Crippen LogP contribution is 2.28. The number of hydrogen-bond acceptors (Lipinski definition) is 5. The maximum Gasteiger partial charge on any atom is 0.269 e. The number of nitro benzene ring substituents is 1. The molecule has 1 amide bonds. The molecule has 32 heavy (non-hydrogen) atoms. The van der Waals surface area contributed by atoms with Crippen molar-refractivity contribution in [3.05, 3.63) is 98.6 Å². The Hall–Kier alpha value is -4.15. The van der Waals surface area contributed by atoms with E-state index in [1.807, 2.05) is 19.1 Å². The zero-order valence-electron chi connectivity index (χ0n) is 17.0. The molecule has 0 bridgehead atoms. The zero-order chi connectivity index (χ0) is 23.1. The number of nitrogens with one attached hydrogen (secondary N) is 1. The van der Waals surface area contributed by atoms with Crippen LogP contribution in [0.2, 0.25) is 5.02 Å². The van der Waals surface area contributed by atoms with E-state index in [1.54, 1.807) is 36.4 Å². The average molecular weight is 448 g/mol. The number of nitrogens with zero attached hydrogens (tertiary/aromatic N) is 2. The molecule has 0 saturated heterocycles. The minimum Gasteiger partial charge on any atom is -0.482 e. The smallest absolute Gasteiger partial charge is 0.269 e. The molecule has 0 unspecified atom stereocenters. The Balaban J connectivity index is 1.67. The van der Waals surface area contributed by atoms with Gasteiger partial charge in [-0.3, -0.25) is 14.9 Å². The molecule has 0 aliphatic carbocycles. The number of non-ortho nitro benzene ring substituents is 1. The molecule has 7 nitrogen and oxygen atoms in total. The Labute approximate surface area is 189 Å². The highest BCUT2D eigenvalue weighted by Gasteiger charge is 2.09. The summed E-state index contributed by atoms with van der Waals surface area (Å²) >= 11 is 6.27. The second-order valence-corrected chi connectivity index (χ2v) is 7.27. The molecule has 160 valence electrons. The standard InChI is InChI=1S/C24H18ClN3O4/c1-16-2-7-20(8-3-16)27-24(29)15-32-23-11-4-17(13-22(23)25)12-19(14-26)18-5-9-21(10-6-18)28(30)31/h2-13H,15H2,1H3,(H,27,29)/b19-12-. The van der Waals surface area contributed by atoms with Gasteiger partial charge in [0.2, 0.25) is 0 Å². The fourth-order valence-corrected chi connectivity index (χ4v) is 3.05. The van der Waals surface area contributed by atoms with Crippen LogP contribution in [-0.2, 0) is 4.79 Å². The van der Waals surface area contributed by atoms with Gasteiger partial charge in [0.05, 0.1) is 21.6 Å². The molecule has 0 aliphatic rings. The third-order valence-electron chi connectivity index (χ3n) is 4.47. The fraction of sp³-hybridized carbons (Fsp3) is 0.0833. The van der Waals surface area contributed by atoms with E-state index in [0.717, 1.165) is 5.56 Å². The van der Waals surface area contributed by atoms with Crippen LogP contribution < -0.4 is 10.1 Å². The minimum absolute atomic E-state index is 0.0537. The fourth-order valence-electron chi connectivity index (χ4n) is 2.81. The van der Waals surface area contributed by atoms with Crippen LogP contribution in [-0.4, -0.2) is 17.4 Å². The van der Waals surface area contributed by atoms with Gasteiger partial charge in [0, 0.05) is 17.8 Å². The number of hydrogen-bond donors (Lipinski definition) is 1. The van der Waals surface area contributed by atoms with Crippen LogP contribution in [0.3, 0.4) is 0 Å². The van der Waals surface area contributed by atoms with Crippen LogP contribution in [0.4, 0.5) is 11.4 Å². The van der Waals surface area contributed by atoms with Crippen molar-refractivity contribution in [1.29, 1.82) is 5.26 Å². The number of anilines is 1. The summed E-state index contributed by atoms with van der Waals surface area (Å²) in [5.74, 6) is 0.00977. The monoisotopic (exact) mass is 447 g/mol. The Bertz CT molecular complexity index is 1210. The van der Waals surface area contributed by atoms with E-state index in [2.05, 4.69) is 11.4 Å². The Morgan fingerprint density at radius 2 is 1.84 bits per heavy atom. The first-order chi connectivity index (χ1) is 15.4. The maximum atomic E-state index is 12.1. The number of nitriles is 1. The van der Waals surface area contributed by atoms with Crippen LogP contribution in [0.25, 0.3) is 11.6 Å². The molecule has 0 radical (unpaired) electrons. The van der Waals surface area contributed by atoms with E-state index in [1.165, 1.54) is 24.3 Å². The summed E-state index contributed by atoms with van der Waals surface area (Å²) in [6.07, 6.45) is 1.61. The lowest BCUT2D eigenvalue weighted by Crippen LogP contribution is -2.20. The van der Waals surface area contributed by atoms with Gasteiger partial charge in [-0.05, 0) is 60.5 Å². The number of ether oxygens (including phenoxy) is 1. The van der Waals surface area contributed by atoms with Gasteiger partial charge in [-0.1, -0.05) is 35.4 Å². The predicted molar refractivity (Wildman–Crippen MR) is 123 cm³/mol. The molecule has 0 fully saturated rings. The molecule has 8 heteroatoms. The van der Waals surface area contributed by atoms with Gasteiger partial charge in [-0.25, -0.2) is 0 Å². The lowest BCUT2D eigenvalue weighted by Gasteiger charge is -2.10. The number of amides is 1. The summed E-state index contributed by atoms with van der Waals surface area (Å²) < 4.78 is 5.51. The number of aryl methyl sites for hydroxylation is 1. The van der Waals surface area contributed by atoms with Gasteiger partial charge in [0.1, 0.15) is 5.75 Å². The number of carbonyl (C=O) groups excluding carboxylic acids is 1. The minimum atomic E-state index is -0.501. The van der Waals surface area contributed by atoms with Crippen molar-refractivity contribution in [3.63, 3.8) is 0 Å². The summed E-state index contributed by atoms with van der Waals surface area (Å²) in [7, 11) is 0. The number of carbonyl (C=O) groups is 1. The number of benzene rings is 3. The van der Waals surface area contributed by atoms with Crippen LogP contribution in [0.5, 0.6) is 5.75 Å². The highest BCUT2D eigenvalue weighted by atomic mass is 35.5. The predicted octanol–water partition coefficient (Wildman–Crippen LogP) is 5.64. The molecular formula is C24H18ClN3O4. The Morgan fingerprint density at radius 1 is 1.16 bits per heavy atom.